The largest absolute Gasteiger partial charge is 0.402 e. The van der Waals surface area contributed by atoms with Crippen LogP contribution in [0.15, 0.2) is 33.5 Å². The number of thiazole rings is 1. The lowest BCUT2D eigenvalue weighted by atomic mass is 10.2. The minimum atomic E-state index is -0.316. The lowest BCUT2D eigenvalue weighted by molar-refractivity contribution is 0.559. The van der Waals surface area contributed by atoms with E-state index < -0.39 is 0 Å². The fourth-order valence-electron chi connectivity index (χ4n) is 1.65. The molecular weight excluding hydrogens is 210 g/mol. The summed E-state index contributed by atoms with van der Waals surface area (Å²) in [5.74, 6) is 0. The average molecular weight is 217 g/mol. The molecule has 74 valence electrons. The van der Waals surface area contributed by atoms with Gasteiger partial charge in [-0.2, -0.15) is 0 Å². The maximum Gasteiger partial charge on any atom is 0.345 e. The molecule has 0 fully saturated rings. The van der Waals surface area contributed by atoms with Crippen molar-refractivity contribution in [2.45, 2.75) is 6.92 Å². The zero-order chi connectivity index (χ0) is 10.4. The molecule has 15 heavy (non-hydrogen) atoms. The highest BCUT2D eigenvalue weighted by Crippen LogP contribution is 2.27. The highest BCUT2D eigenvalue weighted by Gasteiger charge is 2.09. The summed E-state index contributed by atoms with van der Waals surface area (Å²) in [6.07, 6.45) is 0. The minimum Gasteiger partial charge on any atom is -0.402 e. The molecule has 0 unspecified atom stereocenters. The van der Waals surface area contributed by atoms with Crippen LogP contribution in [0.3, 0.4) is 0 Å². The van der Waals surface area contributed by atoms with Crippen LogP contribution in [-0.4, -0.2) is 4.98 Å². The Morgan fingerprint density at radius 2 is 2.00 bits per heavy atom. The molecule has 0 radical (unpaired) electrons. The number of hydrogen-bond acceptors (Lipinski definition) is 4. The summed E-state index contributed by atoms with van der Waals surface area (Å²) >= 11 is 1.55. The van der Waals surface area contributed by atoms with Crippen LogP contribution in [0, 0.1) is 6.92 Å². The third kappa shape index (κ3) is 1.18. The molecule has 3 aromatic rings. The van der Waals surface area contributed by atoms with Crippen LogP contribution < -0.4 is 5.63 Å². The van der Waals surface area contributed by atoms with Gasteiger partial charge in [0.1, 0.15) is 0 Å². The topological polar surface area (TPSA) is 43.1 Å². The fourth-order valence-corrected chi connectivity index (χ4v) is 2.54. The van der Waals surface area contributed by atoms with Crippen molar-refractivity contribution in [2.24, 2.45) is 0 Å². The second-order valence-corrected chi connectivity index (χ2v) is 4.51. The van der Waals surface area contributed by atoms with Crippen LogP contribution in [0.4, 0.5) is 0 Å². The van der Waals surface area contributed by atoms with Gasteiger partial charge in [0, 0.05) is 5.39 Å². The van der Waals surface area contributed by atoms with E-state index in [4.69, 9.17) is 4.42 Å². The van der Waals surface area contributed by atoms with Crippen molar-refractivity contribution in [3.63, 3.8) is 0 Å². The summed E-state index contributed by atoms with van der Waals surface area (Å²) in [7, 11) is 0. The molecule has 0 N–H and O–H groups in total. The molecule has 0 aliphatic heterocycles. The number of aryl methyl sites for hydroxylation is 1. The van der Waals surface area contributed by atoms with E-state index in [0.29, 0.717) is 11.1 Å². The predicted octanol–water partition coefficient (Wildman–Crippen LogP) is 2.71. The van der Waals surface area contributed by atoms with E-state index in [1.807, 2.05) is 25.1 Å². The first-order valence-corrected chi connectivity index (χ1v) is 5.36. The molecule has 0 atom stereocenters. The fraction of sp³-hybridized carbons (Fsp3) is 0.0909. The lowest BCUT2D eigenvalue weighted by Crippen LogP contribution is -1.98. The Kier molecular flexibility index (Phi) is 1.67. The predicted molar refractivity (Wildman–Crippen MR) is 60.4 cm³/mol. The van der Waals surface area contributed by atoms with E-state index >= 15 is 0 Å². The van der Waals surface area contributed by atoms with Crippen LogP contribution in [0.1, 0.15) is 5.01 Å². The van der Waals surface area contributed by atoms with E-state index in [2.05, 4.69) is 4.98 Å². The van der Waals surface area contributed by atoms with Gasteiger partial charge < -0.3 is 4.42 Å². The SMILES string of the molecule is Cc1nc2oc(=O)c3ccccc3c2s1. The highest BCUT2D eigenvalue weighted by atomic mass is 32.1. The standard InChI is InChI=1S/C11H7NO2S/c1-6-12-10-9(15-6)7-4-2-3-5-8(7)11(13)14-10/h2-5H,1H3. The molecule has 0 saturated carbocycles. The van der Waals surface area contributed by atoms with E-state index in [0.717, 1.165) is 15.1 Å². The van der Waals surface area contributed by atoms with Crippen LogP contribution in [0.25, 0.3) is 21.2 Å². The van der Waals surface area contributed by atoms with Gasteiger partial charge >= 0.3 is 5.63 Å². The molecule has 0 aliphatic rings. The van der Waals surface area contributed by atoms with Crippen LogP contribution in [-0.2, 0) is 0 Å². The van der Waals surface area contributed by atoms with Crippen molar-refractivity contribution in [3.8, 4) is 0 Å². The third-order valence-corrected chi connectivity index (χ3v) is 3.27. The van der Waals surface area contributed by atoms with Crippen molar-refractivity contribution in [1.29, 1.82) is 0 Å². The van der Waals surface area contributed by atoms with Crippen LogP contribution >= 0.6 is 11.3 Å². The molecule has 3 nitrogen and oxygen atoms in total. The van der Waals surface area contributed by atoms with Crippen LogP contribution in [0.5, 0.6) is 0 Å². The first-order valence-electron chi connectivity index (χ1n) is 4.55. The van der Waals surface area contributed by atoms with Gasteiger partial charge in [-0.15, -0.1) is 11.3 Å². The maximum atomic E-state index is 11.6. The smallest absolute Gasteiger partial charge is 0.345 e. The maximum absolute atomic E-state index is 11.6. The van der Waals surface area contributed by atoms with Crippen molar-refractivity contribution >= 4 is 32.5 Å². The summed E-state index contributed by atoms with van der Waals surface area (Å²) in [6.45, 7) is 1.90. The van der Waals surface area contributed by atoms with Gasteiger partial charge in [0.2, 0.25) is 5.71 Å². The van der Waals surface area contributed by atoms with Gasteiger partial charge in [0.15, 0.2) is 0 Å². The lowest BCUT2D eigenvalue weighted by Gasteiger charge is -1.94. The Labute approximate surface area is 89.0 Å². The summed E-state index contributed by atoms with van der Waals surface area (Å²) < 4.78 is 6.09. The van der Waals surface area contributed by atoms with Gasteiger partial charge in [-0.3, -0.25) is 0 Å². The Balaban J connectivity index is 2.69. The van der Waals surface area contributed by atoms with E-state index in [9.17, 15) is 4.79 Å². The van der Waals surface area contributed by atoms with Gasteiger partial charge in [-0.25, -0.2) is 9.78 Å². The summed E-state index contributed by atoms with van der Waals surface area (Å²) in [6, 6.07) is 7.44. The summed E-state index contributed by atoms with van der Waals surface area (Å²) in [4.78, 5) is 15.8. The first kappa shape index (κ1) is 8.61. The van der Waals surface area contributed by atoms with Gasteiger partial charge in [0.05, 0.1) is 15.1 Å². The molecule has 0 saturated heterocycles. The monoisotopic (exact) mass is 217 g/mol. The van der Waals surface area contributed by atoms with Gasteiger partial charge in [0.25, 0.3) is 0 Å². The van der Waals surface area contributed by atoms with Gasteiger partial charge in [-0.05, 0) is 13.0 Å². The number of nitrogens with zero attached hydrogens (tertiary/aromatic N) is 1. The molecule has 0 aliphatic carbocycles. The van der Waals surface area contributed by atoms with Crippen molar-refractivity contribution < 1.29 is 4.42 Å². The van der Waals surface area contributed by atoms with Gasteiger partial charge in [-0.1, -0.05) is 18.2 Å². The molecule has 0 amide bonds. The molecule has 2 heterocycles. The second-order valence-electron chi connectivity index (χ2n) is 3.30. The van der Waals surface area contributed by atoms with E-state index in [1.54, 1.807) is 17.4 Å². The summed E-state index contributed by atoms with van der Waals surface area (Å²) in [5.41, 5.74) is 0.129. The summed E-state index contributed by atoms with van der Waals surface area (Å²) in [5, 5.41) is 2.45. The second kappa shape index (κ2) is 2.90. The van der Waals surface area contributed by atoms with E-state index in [1.165, 1.54) is 0 Å². The zero-order valence-corrected chi connectivity index (χ0v) is 8.80. The Morgan fingerprint density at radius 1 is 1.27 bits per heavy atom. The Hall–Kier alpha value is -1.68. The number of rotatable bonds is 0. The van der Waals surface area contributed by atoms with Crippen molar-refractivity contribution in [1.82, 2.24) is 4.98 Å². The quantitative estimate of drug-likeness (QED) is 0.581. The molecular formula is C11H7NO2S. The molecule has 0 spiro atoms. The third-order valence-electron chi connectivity index (χ3n) is 2.28. The normalized spacial score (nSPS) is 11.3. The number of aromatic nitrogens is 1. The molecule has 4 heteroatoms. The molecule has 3 rings (SSSR count). The number of hydrogen-bond donors (Lipinski definition) is 0. The number of fused-ring (bicyclic) bond motifs is 3. The van der Waals surface area contributed by atoms with E-state index in [-0.39, 0.29) is 5.63 Å². The average Bonchev–Trinajstić information content (AvgIpc) is 2.59. The van der Waals surface area contributed by atoms with Crippen LogP contribution in [0.2, 0.25) is 0 Å². The number of benzene rings is 1. The zero-order valence-electron chi connectivity index (χ0n) is 7.98. The first-order chi connectivity index (χ1) is 7.25. The molecule has 2 aromatic heterocycles. The minimum absolute atomic E-state index is 0.316. The van der Waals surface area contributed by atoms with Crippen molar-refractivity contribution in [3.05, 3.63) is 39.7 Å². The Morgan fingerprint density at radius 3 is 2.80 bits per heavy atom. The van der Waals surface area contributed by atoms with Crippen molar-refractivity contribution in [2.75, 3.05) is 0 Å². The Bertz CT molecular complexity index is 711. The molecule has 1 aromatic carbocycles. The highest BCUT2D eigenvalue weighted by molar-refractivity contribution is 7.19. The molecule has 0 bridgehead atoms.